The van der Waals surface area contributed by atoms with E-state index in [9.17, 15) is 22.4 Å². The highest BCUT2D eigenvalue weighted by Crippen LogP contribution is 2.22. The van der Waals surface area contributed by atoms with E-state index in [1.54, 1.807) is 30.3 Å². The van der Waals surface area contributed by atoms with Gasteiger partial charge in [-0.3, -0.25) is 14.5 Å². The van der Waals surface area contributed by atoms with Crippen molar-refractivity contribution >= 4 is 21.7 Å². The van der Waals surface area contributed by atoms with Gasteiger partial charge in [0.1, 0.15) is 17.3 Å². The molecule has 3 rings (SSSR count). The number of aryl methyl sites for hydroxylation is 1. The third-order valence-corrected chi connectivity index (χ3v) is 6.72. The predicted molar refractivity (Wildman–Crippen MR) is 131 cm³/mol. The summed E-state index contributed by atoms with van der Waals surface area (Å²) in [5, 5.41) is 4.98. The van der Waals surface area contributed by atoms with Crippen LogP contribution in [0.15, 0.2) is 42.5 Å². The van der Waals surface area contributed by atoms with Gasteiger partial charge in [0.05, 0.1) is 0 Å². The van der Waals surface area contributed by atoms with E-state index < -0.39 is 21.6 Å². The second-order valence-electron chi connectivity index (χ2n) is 8.93. The number of hydrogen-bond donors (Lipinski definition) is 1. The average molecular weight is 506 g/mol. The molecular weight excluding hydrogens is 473 g/mol. The fourth-order valence-corrected chi connectivity index (χ4v) is 4.84. The predicted octanol–water partition coefficient (Wildman–Crippen LogP) is 2.04. The Kier molecular flexibility index (Phi) is 8.98. The lowest BCUT2D eigenvalue weighted by atomic mass is 10.1. The maximum atomic E-state index is 13.2. The highest BCUT2D eigenvalue weighted by molar-refractivity contribution is 7.89. The Bertz CT molecular complexity index is 1150. The van der Waals surface area contributed by atoms with E-state index in [1.807, 2.05) is 18.7 Å². The van der Waals surface area contributed by atoms with Crippen LogP contribution >= 0.6 is 0 Å². The third-order valence-electron chi connectivity index (χ3n) is 5.99. The van der Waals surface area contributed by atoms with E-state index in [-0.39, 0.29) is 30.8 Å². The highest BCUT2D eigenvalue weighted by atomic mass is 32.2. The van der Waals surface area contributed by atoms with Crippen molar-refractivity contribution in [1.29, 1.82) is 0 Å². The van der Waals surface area contributed by atoms with E-state index in [0.717, 1.165) is 17.5 Å². The summed E-state index contributed by atoms with van der Waals surface area (Å²) in [4.78, 5) is 29.2. The zero-order valence-corrected chi connectivity index (χ0v) is 20.9. The third kappa shape index (κ3) is 8.12. The van der Waals surface area contributed by atoms with Gasteiger partial charge in [0.15, 0.2) is 12.4 Å². The Balaban J connectivity index is 1.60. The smallest absolute Gasteiger partial charge is 0.260 e. The number of nitrogens with two attached hydrogens (primary N) is 1. The topological polar surface area (TPSA) is 110 Å². The molecule has 2 N–H and O–H groups in total. The van der Waals surface area contributed by atoms with Crippen LogP contribution < -0.4 is 9.88 Å². The van der Waals surface area contributed by atoms with E-state index in [2.05, 4.69) is 4.90 Å². The maximum Gasteiger partial charge on any atom is 0.260 e. The fourth-order valence-electron chi connectivity index (χ4n) is 4.29. The molecule has 1 heterocycles. The number of amides is 1. The number of primary sulfonamides is 1. The van der Waals surface area contributed by atoms with Crippen LogP contribution in [-0.4, -0.2) is 67.9 Å². The molecule has 2 aromatic carbocycles. The van der Waals surface area contributed by atoms with Gasteiger partial charge in [-0.1, -0.05) is 36.8 Å². The molecule has 190 valence electrons. The lowest BCUT2D eigenvalue weighted by Gasteiger charge is -2.41. The van der Waals surface area contributed by atoms with Crippen molar-refractivity contribution in [2.75, 3.05) is 32.0 Å². The monoisotopic (exact) mass is 505 g/mol. The second kappa shape index (κ2) is 11.7. The van der Waals surface area contributed by atoms with Crippen LogP contribution in [0.4, 0.5) is 4.39 Å². The van der Waals surface area contributed by atoms with Crippen LogP contribution in [0, 0.1) is 12.7 Å². The lowest BCUT2D eigenvalue weighted by molar-refractivity contribution is -0.138. The summed E-state index contributed by atoms with van der Waals surface area (Å²) >= 11 is 0. The minimum atomic E-state index is -3.91. The fraction of sp³-hybridized carbons (Fsp3) is 0.440. The number of carbonyl (C=O) groups excluding carboxylic acids is 2. The molecule has 0 aliphatic carbocycles. The number of rotatable bonds is 10. The van der Waals surface area contributed by atoms with Gasteiger partial charge in [0.2, 0.25) is 10.0 Å². The average Bonchev–Trinajstić information content (AvgIpc) is 2.78. The van der Waals surface area contributed by atoms with Crippen LogP contribution in [0.3, 0.4) is 0 Å². The van der Waals surface area contributed by atoms with Gasteiger partial charge in [-0.05, 0) is 37.1 Å². The number of hydrogen-bond acceptors (Lipinski definition) is 6. The Labute approximate surface area is 205 Å². The molecule has 10 heteroatoms. The van der Waals surface area contributed by atoms with Crippen molar-refractivity contribution < 1.29 is 27.1 Å². The molecule has 0 radical (unpaired) electrons. The lowest BCUT2D eigenvalue weighted by Crippen LogP contribution is -2.55. The standard InChI is InChI=1S/C25H32FN3O5S/c1-3-22-15-28(14-19-5-7-21(26)8-6-19)10-11-29(22)25(31)16-34-24-9-4-18(2)12-20(24)13-23(30)17-35(27,32)33/h4-9,12,22H,3,10-11,13-17H2,1-2H3,(H2,27,32,33)/t22-/m1/s1. The maximum absolute atomic E-state index is 13.2. The zero-order valence-electron chi connectivity index (χ0n) is 20.1. The Morgan fingerprint density at radius 2 is 1.86 bits per heavy atom. The van der Waals surface area contributed by atoms with Gasteiger partial charge >= 0.3 is 0 Å². The highest BCUT2D eigenvalue weighted by Gasteiger charge is 2.29. The number of sulfonamides is 1. The van der Waals surface area contributed by atoms with Gasteiger partial charge in [-0.25, -0.2) is 17.9 Å². The molecule has 1 saturated heterocycles. The summed E-state index contributed by atoms with van der Waals surface area (Å²) in [5.74, 6) is -1.34. The van der Waals surface area contributed by atoms with E-state index >= 15 is 0 Å². The second-order valence-corrected chi connectivity index (χ2v) is 10.5. The SMILES string of the molecule is CC[C@@H]1CN(Cc2ccc(F)cc2)CCN1C(=O)COc1ccc(C)cc1CC(=O)CS(N)(=O)=O. The number of ether oxygens (including phenoxy) is 1. The summed E-state index contributed by atoms with van der Waals surface area (Å²) < 4.78 is 41.4. The van der Waals surface area contributed by atoms with Crippen molar-refractivity contribution in [2.24, 2.45) is 5.14 Å². The molecule has 1 amide bonds. The van der Waals surface area contributed by atoms with Crippen LogP contribution in [0.1, 0.15) is 30.0 Å². The normalized spacial score (nSPS) is 16.8. The number of piperazine rings is 1. The number of nitrogens with zero attached hydrogens (tertiary/aromatic N) is 2. The minimum Gasteiger partial charge on any atom is -0.483 e. The number of benzene rings is 2. The van der Waals surface area contributed by atoms with Gasteiger partial charge in [-0.15, -0.1) is 0 Å². The molecule has 35 heavy (non-hydrogen) atoms. The van der Waals surface area contributed by atoms with Gasteiger partial charge < -0.3 is 9.64 Å². The van der Waals surface area contributed by atoms with Crippen molar-refractivity contribution in [2.45, 2.75) is 39.3 Å². The van der Waals surface area contributed by atoms with E-state index in [0.29, 0.717) is 37.5 Å². The molecule has 0 bridgehead atoms. The summed E-state index contributed by atoms with van der Waals surface area (Å²) in [7, 11) is -3.91. The Morgan fingerprint density at radius 1 is 1.14 bits per heavy atom. The molecule has 1 aliphatic rings. The van der Waals surface area contributed by atoms with Gasteiger partial charge in [0.25, 0.3) is 5.91 Å². The first kappa shape index (κ1) is 26.8. The molecule has 0 unspecified atom stereocenters. The summed E-state index contributed by atoms with van der Waals surface area (Å²) in [6, 6.07) is 11.7. The molecule has 8 nitrogen and oxygen atoms in total. The van der Waals surface area contributed by atoms with Gasteiger partial charge in [0, 0.05) is 44.2 Å². The van der Waals surface area contributed by atoms with Crippen molar-refractivity contribution in [1.82, 2.24) is 9.80 Å². The largest absolute Gasteiger partial charge is 0.483 e. The summed E-state index contributed by atoms with van der Waals surface area (Å²) in [5.41, 5.74) is 2.42. The minimum absolute atomic E-state index is 0.0223. The molecule has 1 aliphatic heterocycles. The summed E-state index contributed by atoms with van der Waals surface area (Å²) in [6.07, 6.45) is 0.630. The van der Waals surface area contributed by atoms with Crippen LogP contribution in [-0.2, 0) is 32.6 Å². The Morgan fingerprint density at radius 3 is 2.51 bits per heavy atom. The molecular formula is C25H32FN3O5S. The van der Waals surface area contributed by atoms with Crippen molar-refractivity contribution in [3.05, 3.63) is 65.0 Å². The van der Waals surface area contributed by atoms with Crippen LogP contribution in [0.25, 0.3) is 0 Å². The van der Waals surface area contributed by atoms with Crippen LogP contribution in [0.2, 0.25) is 0 Å². The van der Waals surface area contributed by atoms with Crippen molar-refractivity contribution in [3.63, 3.8) is 0 Å². The number of halogens is 1. The molecule has 0 aromatic heterocycles. The molecule has 0 spiro atoms. The quantitative estimate of drug-likeness (QED) is 0.529. The number of Topliss-reactive ketones (excluding diaryl/α,β-unsaturated/α-hetero) is 1. The Hall–Kier alpha value is -2.82. The molecule has 1 fully saturated rings. The zero-order chi connectivity index (χ0) is 25.6. The van der Waals surface area contributed by atoms with E-state index in [1.165, 1.54) is 12.1 Å². The number of ketones is 1. The molecule has 2 aromatic rings. The first-order chi connectivity index (χ1) is 16.5. The first-order valence-corrected chi connectivity index (χ1v) is 13.3. The molecule has 0 saturated carbocycles. The van der Waals surface area contributed by atoms with Crippen LogP contribution in [0.5, 0.6) is 5.75 Å². The van der Waals surface area contributed by atoms with Gasteiger partial charge in [-0.2, -0.15) is 0 Å². The summed E-state index contributed by atoms with van der Waals surface area (Å²) in [6.45, 7) is 6.33. The molecule has 1 atom stereocenters. The first-order valence-electron chi connectivity index (χ1n) is 11.5. The van der Waals surface area contributed by atoms with E-state index in [4.69, 9.17) is 9.88 Å². The number of carbonyl (C=O) groups is 2. The van der Waals surface area contributed by atoms with Crippen molar-refractivity contribution in [3.8, 4) is 5.75 Å².